The SMILES string of the molecule is COc1ccc(N(CC(=O)N/N=C(/C)CCc2ccccc2)S(=O)(=O)c2ccc(NC(C)=O)cc2)cc1. The van der Waals surface area contributed by atoms with Crippen molar-refractivity contribution in [2.75, 3.05) is 23.3 Å². The number of aryl methyl sites for hydroxylation is 1. The highest BCUT2D eigenvalue weighted by Gasteiger charge is 2.27. The molecule has 0 aliphatic carbocycles. The maximum atomic E-state index is 13.5. The van der Waals surface area contributed by atoms with Gasteiger partial charge in [-0.15, -0.1) is 0 Å². The molecule has 37 heavy (non-hydrogen) atoms. The maximum absolute atomic E-state index is 13.5. The van der Waals surface area contributed by atoms with E-state index in [9.17, 15) is 18.0 Å². The minimum Gasteiger partial charge on any atom is -0.497 e. The van der Waals surface area contributed by atoms with E-state index in [-0.39, 0.29) is 16.5 Å². The number of sulfonamides is 1. The third-order valence-electron chi connectivity index (χ3n) is 5.40. The van der Waals surface area contributed by atoms with Crippen LogP contribution in [0.2, 0.25) is 0 Å². The monoisotopic (exact) mass is 522 g/mol. The molecule has 0 saturated heterocycles. The number of amides is 2. The van der Waals surface area contributed by atoms with E-state index in [4.69, 9.17) is 4.74 Å². The van der Waals surface area contributed by atoms with E-state index in [0.29, 0.717) is 23.6 Å². The Hall–Kier alpha value is -4.18. The molecule has 0 spiro atoms. The summed E-state index contributed by atoms with van der Waals surface area (Å²) >= 11 is 0. The fraction of sp³-hybridized carbons (Fsp3) is 0.222. The van der Waals surface area contributed by atoms with E-state index in [1.165, 1.54) is 38.3 Å². The molecule has 194 valence electrons. The number of nitrogens with one attached hydrogen (secondary N) is 2. The van der Waals surface area contributed by atoms with E-state index in [2.05, 4.69) is 15.8 Å². The van der Waals surface area contributed by atoms with Crippen molar-refractivity contribution in [3.63, 3.8) is 0 Å². The third kappa shape index (κ3) is 7.91. The Morgan fingerprint density at radius 1 is 0.919 bits per heavy atom. The number of nitrogens with zero attached hydrogens (tertiary/aromatic N) is 2. The second kappa shape index (κ2) is 12.7. The fourth-order valence-corrected chi connectivity index (χ4v) is 4.87. The number of hydrazone groups is 1. The number of carbonyl (C=O) groups is 2. The number of hydrogen-bond acceptors (Lipinski definition) is 6. The van der Waals surface area contributed by atoms with E-state index in [0.717, 1.165) is 16.3 Å². The van der Waals surface area contributed by atoms with Gasteiger partial charge in [0.15, 0.2) is 0 Å². The van der Waals surface area contributed by atoms with Gasteiger partial charge in [0.1, 0.15) is 12.3 Å². The summed E-state index contributed by atoms with van der Waals surface area (Å²) in [6, 6.07) is 22.0. The maximum Gasteiger partial charge on any atom is 0.264 e. The predicted octanol–water partition coefficient (Wildman–Crippen LogP) is 3.97. The van der Waals surface area contributed by atoms with Gasteiger partial charge in [0.05, 0.1) is 17.7 Å². The van der Waals surface area contributed by atoms with Gasteiger partial charge in [0.25, 0.3) is 15.9 Å². The number of methoxy groups -OCH3 is 1. The molecule has 0 saturated carbocycles. The molecule has 0 aliphatic rings. The van der Waals surface area contributed by atoms with Crippen LogP contribution in [0.25, 0.3) is 0 Å². The molecule has 0 atom stereocenters. The largest absolute Gasteiger partial charge is 0.497 e. The van der Waals surface area contributed by atoms with Gasteiger partial charge >= 0.3 is 0 Å². The lowest BCUT2D eigenvalue weighted by molar-refractivity contribution is -0.119. The van der Waals surface area contributed by atoms with Crippen LogP contribution in [-0.4, -0.2) is 39.6 Å². The van der Waals surface area contributed by atoms with Crippen LogP contribution in [0.4, 0.5) is 11.4 Å². The van der Waals surface area contributed by atoms with Gasteiger partial charge in [-0.2, -0.15) is 5.10 Å². The Labute approximate surface area is 217 Å². The van der Waals surface area contributed by atoms with Gasteiger partial charge < -0.3 is 10.1 Å². The first-order chi connectivity index (χ1) is 17.7. The number of hydrogen-bond donors (Lipinski definition) is 2. The van der Waals surface area contributed by atoms with Crippen molar-refractivity contribution < 1.29 is 22.7 Å². The second-order valence-corrected chi connectivity index (χ2v) is 10.1. The summed E-state index contributed by atoms with van der Waals surface area (Å²) < 4.78 is 33.3. The smallest absolute Gasteiger partial charge is 0.264 e. The first-order valence-electron chi connectivity index (χ1n) is 11.6. The number of ether oxygens (including phenoxy) is 1. The van der Waals surface area contributed by atoms with Gasteiger partial charge in [-0.25, -0.2) is 13.8 Å². The number of anilines is 2. The lowest BCUT2D eigenvalue weighted by atomic mass is 10.1. The van der Waals surface area contributed by atoms with Gasteiger partial charge in [-0.1, -0.05) is 30.3 Å². The summed E-state index contributed by atoms with van der Waals surface area (Å²) in [5.74, 6) is -0.316. The van der Waals surface area contributed by atoms with Gasteiger partial charge in [0.2, 0.25) is 5.91 Å². The summed E-state index contributed by atoms with van der Waals surface area (Å²) in [4.78, 5) is 24.0. The minimum atomic E-state index is -4.13. The molecular formula is C27H30N4O5S. The summed E-state index contributed by atoms with van der Waals surface area (Å²) in [6.07, 6.45) is 1.41. The average molecular weight is 523 g/mol. The Morgan fingerprint density at radius 3 is 2.16 bits per heavy atom. The first-order valence-corrected chi connectivity index (χ1v) is 13.0. The zero-order chi connectivity index (χ0) is 26.8. The molecule has 0 bridgehead atoms. The molecule has 3 rings (SSSR count). The van der Waals surface area contributed by atoms with Gasteiger partial charge in [0, 0.05) is 18.3 Å². The van der Waals surface area contributed by atoms with Gasteiger partial charge in [-0.3, -0.25) is 13.9 Å². The highest BCUT2D eigenvalue weighted by atomic mass is 32.2. The predicted molar refractivity (Wildman–Crippen MR) is 144 cm³/mol. The molecule has 10 heteroatoms. The van der Waals surface area contributed by atoms with Crippen LogP contribution in [-0.2, 0) is 26.0 Å². The minimum absolute atomic E-state index is 0.0345. The van der Waals surface area contributed by atoms with Crippen LogP contribution in [0, 0.1) is 0 Å². The standard InChI is InChI=1S/C27H30N4O5S/c1-20(9-10-22-7-5-4-6-8-22)29-30-27(33)19-31(24-13-15-25(36-3)16-14-24)37(34,35)26-17-11-23(12-18-26)28-21(2)32/h4-8,11-18H,9-10,19H2,1-3H3,(H,28,32)(H,30,33)/b29-20-. The van der Waals surface area contributed by atoms with E-state index in [1.807, 2.05) is 30.3 Å². The van der Waals surface area contributed by atoms with Crippen molar-refractivity contribution in [2.45, 2.75) is 31.6 Å². The van der Waals surface area contributed by atoms with E-state index >= 15 is 0 Å². The number of carbonyl (C=O) groups excluding carboxylic acids is 2. The van der Waals surface area contributed by atoms with E-state index < -0.39 is 22.5 Å². The highest BCUT2D eigenvalue weighted by Crippen LogP contribution is 2.26. The van der Waals surface area contributed by atoms with Crippen molar-refractivity contribution in [2.24, 2.45) is 5.10 Å². The van der Waals surface area contributed by atoms with Crippen LogP contribution in [0.3, 0.4) is 0 Å². The summed E-state index contributed by atoms with van der Waals surface area (Å²) in [6.45, 7) is 2.68. The molecule has 0 fully saturated rings. The molecule has 0 heterocycles. The summed E-state index contributed by atoms with van der Waals surface area (Å²) in [5, 5.41) is 6.74. The number of benzene rings is 3. The molecular weight excluding hydrogens is 492 g/mol. The zero-order valence-corrected chi connectivity index (χ0v) is 21.8. The van der Waals surface area contributed by atoms with Crippen molar-refractivity contribution in [1.29, 1.82) is 0 Å². The lowest BCUT2D eigenvalue weighted by Crippen LogP contribution is -2.39. The molecule has 3 aromatic carbocycles. The van der Waals surface area contributed by atoms with Crippen LogP contribution in [0.1, 0.15) is 25.8 Å². The molecule has 2 amide bonds. The summed E-state index contributed by atoms with van der Waals surface area (Å²) in [7, 11) is -2.62. The number of rotatable bonds is 11. The van der Waals surface area contributed by atoms with Crippen molar-refractivity contribution in [1.82, 2.24) is 5.43 Å². The molecule has 0 aromatic heterocycles. The van der Waals surface area contributed by atoms with Crippen LogP contribution < -0.4 is 19.8 Å². The molecule has 0 unspecified atom stereocenters. The quantitative estimate of drug-likeness (QED) is 0.292. The van der Waals surface area contributed by atoms with Crippen LogP contribution >= 0.6 is 0 Å². The van der Waals surface area contributed by atoms with Crippen LogP contribution in [0.15, 0.2) is 88.9 Å². The average Bonchev–Trinajstić information content (AvgIpc) is 2.90. The topological polar surface area (TPSA) is 117 Å². The van der Waals surface area contributed by atoms with Crippen molar-refractivity contribution >= 4 is 38.9 Å². The molecule has 0 radical (unpaired) electrons. The Kier molecular flexibility index (Phi) is 9.39. The third-order valence-corrected chi connectivity index (χ3v) is 7.19. The Bertz CT molecular complexity index is 1340. The lowest BCUT2D eigenvalue weighted by Gasteiger charge is -2.24. The van der Waals surface area contributed by atoms with E-state index in [1.54, 1.807) is 31.2 Å². The van der Waals surface area contributed by atoms with Crippen molar-refractivity contribution in [3.05, 3.63) is 84.4 Å². The fourth-order valence-electron chi connectivity index (χ4n) is 3.45. The molecule has 2 N–H and O–H groups in total. The zero-order valence-electron chi connectivity index (χ0n) is 21.0. The molecule has 0 aliphatic heterocycles. The summed E-state index contributed by atoms with van der Waals surface area (Å²) in [5.41, 5.74) is 5.08. The van der Waals surface area contributed by atoms with Gasteiger partial charge in [-0.05, 0) is 73.9 Å². The molecule has 3 aromatic rings. The second-order valence-electron chi connectivity index (χ2n) is 8.28. The Morgan fingerprint density at radius 2 is 1.57 bits per heavy atom. The van der Waals surface area contributed by atoms with Crippen molar-refractivity contribution in [3.8, 4) is 5.75 Å². The van der Waals surface area contributed by atoms with Crippen LogP contribution in [0.5, 0.6) is 5.75 Å². The Balaban J connectivity index is 1.78. The first kappa shape index (κ1) is 27.4. The normalized spacial score (nSPS) is 11.5. The highest BCUT2D eigenvalue weighted by molar-refractivity contribution is 7.92. The molecule has 9 nitrogen and oxygen atoms in total.